The number of aliphatic hydroxyl groups excluding tert-OH is 1. The van der Waals surface area contributed by atoms with Gasteiger partial charge >= 0.3 is 13.5 Å². The zero-order valence-corrected chi connectivity index (χ0v) is 15.1. The monoisotopic (exact) mass is 417 g/mol. The molecular formula is C15H17FN3O8P. The molecule has 1 fully saturated rings. The van der Waals surface area contributed by atoms with E-state index in [2.05, 4.69) is 0 Å². The number of benzene rings is 1. The van der Waals surface area contributed by atoms with Crippen LogP contribution in [0.3, 0.4) is 0 Å². The first kappa shape index (κ1) is 20.2. The van der Waals surface area contributed by atoms with E-state index in [1.54, 1.807) is 4.98 Å². The molecule has 1 aromatic heterocycles. The number of nitrogen functional groups attached to an aromatic ring is 1. The maximum atomic E-state index is 13.4. The Bertz CT molecular complexity index is 1010. The number of aromatic nitrogens is 2. The molecule has 1 unspecified atom stereocenters. The summed E-state index contributed by atoms with van der Waals surface area (Å²) in [7, 11) is -4.53. The predicted molar refractivity (Wildman–Crippen MR) is 93.1 cm³/mol. The molecule has 2 heterocycles. The van der Waals surface area contributed by atoms with Crippen molar-refractivity contribution in [3.8, 4) is 5.75 Å². The molecular weight excluding hydrogens is 400 g/mol. The lowest BCUT2D eigenvalue weighted by atomic mass is 10.2. The Morgan fingerprint density at radius 1 is 1.36 bits per heavy atom. The van der Waals surface area contributed by atoms with Gasteiger partial charge < -0.3 is 20.1 Å². The van der Waals surface area contributed by atoms with Crippen LogP contribution in [0.25, 0.3) is 0 Å². The number of halogens is 1. The van der Waals surface area contributed by atoms with Crippen LogP contribution < -0.4 is 21.5 Å². The summed E-state index contributed by atoms with van der Waals surface area (Å²) in [4.78, 5) is 34.4. The van der Waals surface area contributed by atoms with Gasteiger partial charge in [-0.3, -0.25) is 23.8 Å². The Kier molecular flexibility index (Phi) is 5.68. The lowest BCUT2D eigenvalue weighted by Gasteiger charge is -2.18. The van der Waals surface area contributed by atoms with E-state index in [1.807, 2.05) is 0 Å². The second-order valence-electron chi connectivity index (χ2n) is 6.00. The third-order valence-electron chi connectivity index (χ3n) is 3.94. The van der Waals surface area contributed by atoms with Gasteiger partial charge in [0.15, 0.2) is 0 Å². The van der Waals surface area contributed by atoms with Gasteiger partial charge in [-0.2, -0.15) is 4.39 Å². The summed E-state index contributed by atoms with van der Waals surface area (Å²) in [5.74, 6) is -1.16. The Labute approximate surface area is 156 Å². The quantitative estimate of drug-likeness (QED) is 0.377. The number of phosphoric acid groups is 1. The third-order valence-corrected chi connectivity index (χ3v) is 4.86. The molecule has 0 aliphatic carbocycles. The molecule has 4 atom stereocenters. The number of aliphatic hydroxyl groups is 1. The number of nitrogens with two attached hydrogens (primary N) is 1. The molecule has 1 aromatic carbocycles. The summed E-state index contributed by atoms with van der Waals surface area (Å²) in [5, 5.41) is 10.0. The van der Waals surface area contributed by atoms with Gasteiger partial charge in [0.1, 0.15) is 18.1 Å². The normalized spacial score (nSPS) is 24.0. The van der Waals surface area contributed by atoms with Crippen molar-refractivity contribution in [2.45, 2.75) is 24.9 Å². The second-order valence-corrected chi connectivity index (χ2v) is 7.38. The van der Waals surface area contributed by atoms with E-state index in [0.29, 0.717) is 11.9 Å². The third kappa shape index (κ3) is 4.66. The molecule has 3 rings (SSSR count). The minimum atomic E-state index is -4.53. The number of aromatic amines is 1. The summed E-state index contributed by atoms with van der Waals surface area (Å²) in [6.45, 7) is -0.541. The van der Waals surface area contributed by atoms with Gasteiger partial charge in [0, 0.05) is 12.1 Å². The highest BCUT2D eigenvalue weighted by Gasteiger charge is 2.38. The molecule has 0 bridgehead atoms. The number of anilines is 1. The minimum absolute atomic E-state index is 0.0427. The van der Waals surface area contributed by atoms with Crippen LogP contribution in [0.4, 0.5) is 10.1 Å². The summed E-state index contributed by atoms with van der Waals surface area (Å²) >= 11 is 0. The van der Waals surface area contributed by atoms with Gasteiger partial charge in [-0.05, 0) is 24.3 Å². The van der Waals surface area contributed by atoms with E-state index in [0.717, 1.165) is 4.57 Å². The molecule has 152 valence electrons. The highest BCUT2D eigenvalue weighted by atomic mass is 31.2. The van der Waals surface area contributed by atoms with Crippen molar-refractivity contribution in [3.63, 3.8) is 0 Å². The number of H-pyrrole nitrogens is 1. The molecule has 1 aliphatic heterocycles. The van der Waals surface area contributed by atoms with Crippen molar-refractivity contribution in [1.29, 1.82) is 0 Å². The zero-order chi connectivity index (χ0) is 20.5. The number of nitrogens with zero attached hydrogens (tertiary/aromatic N) is 1. The van der Waals surface area contributed by atoms with Crippen molar-refractivity contribution in [2.24, 2.45) is 0 Å². The van der Waals surface area contributed by atoms with E-state index < -0.39 is 49.9 Å². The van der Waals surface area contributed by atoms with Gasteiger partial charge in [-0.15, -0.1) is 0 Å². The maximum Gasteiger partial charge on any atom is 0.527 e. The summed E-state index contributed by atoms with van der Waals surface area (Å²) in [5.41, 5.74) is 3.83. The molecule has 28 heavy (non-hydrogen) atoms. The molecule has 5 N–H and O–H groups in total. The molecule has 11 nitrogen and oxygen atoms in total. The lowest BCUT2D eigenvalue weighted by Crippen LogP contribution is -2.34. The van der Waals surface area contributed by atoms with Crippen LogP contribution in [-0.2, 0) is 13.8 Å². The topological polar surface area (TPSA) is 166 Å². The van der Waals surface area contributed by atoms with Crippen LogP contribution in [0.5, 0.6) is 5.75 Å². The van der Waals surface area contributed by atoms with Crippen molar-refractivity contribution in [1.82, 2.24) is 9.55 Å². The van der Waals surface area contributed by atoms with E-state index in [1.165, 1.54) is 24.3 Å². The molecule has 13 heteroatoms. The molecule has 1 saturated heterocycles. The van der Waals surface area contributed by atoms with Crippen LogP contribution >= 0.6 is 7.82 Å². The Morgan fingerprint density at radius 3 is 2.71 bits per heavy atom. The number of hydrogen-bond donors (Lipinski definition) is 4. The van der Waals surface area contributed by atoms with Crippen LogP contribution in [0.2, 0.25) is 0 Å². The SMILES string of the molecule is Nc1ccc(OP(=O)(O)OC[C@H]2O[C@@H](n3cc(F)c(=O)[nH]c3=O)C[C@@H]2O)cc1. The Hall–Kier alpha value is -2.50. The van der Waals surface area contributed by atoms with Gasteiger partial charge in [0.2, 0.25) is 5.82 Å². The summed E-state index contributed by atoms with van der Waals surface area (Å²) in [6, 6.07) is 5.67. The van der Waals surface area contributed by atoms with Gasteiger partial charge in [0.05, 0.1) is 18.9 Å². The first-order chi connectivity index (χ1) is 13.1. The first-order valence-corrected chi connectivity index (χ1v) is 9.51. The standard InChI is InChI=1S/C15H17FN3O8P/c16-10-6-19(15(22)18-14(10)21)13-5-11(20)12(26-13)7-25-28(23,24)27-9-3-1-8(17)2-4-9/h1-4,6,11-13,20H,5,7,17H2,(H,23,24)(H,18,21,22)/t11-,12+,13+/m0/s1. The van der Waals surface area contributed by atoms with Crippen LogP contribution in [0, 0.1) is 5.82 Å². The zero-order valence-electron chi connectivity index (χ0n) is 14.2. The molecule has 1 aliphatic rings. The number of rotatable bonds is 6. The van der Waals surface area contributed by atoms with Crippen LogP contribution in [-0.4, -0.2) is 38.4 Å². The number of phosphoric ester groups is 1. The van der Waals surface area contributed by atoms with Crippen molar-refractivity contribution in [2.75, 3.05) is 12.3 Å². The number of ether oxygens (including phenoxy) is 1. The van der Waals surface area contributed by atoms with Crippen molar-refractivity contribution < 1.29 is 32.7 Å². The van der Waals surface area contributed by atoms with Gasteiger partial charge in [0.25, 0.3) is 5.56 Å². The predicted octanol–water partition coefficient (Wildman–Crippen LogP) is 0.102. The fourth-order valence-electron chi connectivity index (χ4n) is 2.57. The van der Waals surface area contributed by atoms with E-state index in [9.17, 15) is 28.5 Å². The molecule has 0 amide bonds. The Morgan fingerprint density at radius 2 is 2.04 bits per heavy atom. The van der Waals surface area contributed by atoms with Crippen LogP contribution in [0.15, 0.2) is 40.1 Å². The summed E-state index contributed by atoms with van der Waals surface area (Å²) in [6.07, 6.45) is -2.85. The second kappa shape index (κ2) is 7.86. The molecule has 0 radical (unpaired) electrons. The summed E-state index contributed by atoms with van der Waals surface area (Å²) < 4.78 is 41.3. The fourth-order valence-corrected chi connectivity index (χ4v) is 3.34. The lowest BCUT2D eigenvalue weighted by molar-refractivity contribution is -0.0449. The smallest absolute Gasteiger partial charge is 0.404 e. The van der Waals surface area contributed by atoms with E-state index in [-0.39, 0.29) is 12.2 Å². The molecule has 0 saturated carbocycles. The van der Waals surface area contributed by atoms with Crippen molar-refractivity contribution in [3.05, 3.63) is 57.1 Å². The highest BCUT2D eigenvalue weighted by molar-refractivity contribution is 7.47. The number of hydrogen-bond acceptors (Lipinski definition) is 8. The fraction of sp³-hybridized carbons (Fsp3) is 0.333. The molecule has 2 aromatic rings. The highest BCUT2D eigenvalue weighted by Crippen LogP contribution is 2.44. The maximum absolute atomic E-state index is 13.4. The Balaban J connectivity index is 1.63. The largest absolute Gasteiger partial charge is 0.527 e. The first-order valence-electron chi connectivity index (χ1n) is 8.01. The molecule has 0 spiro atoms. The van der Waals surface area contributed by atoms with E-state index in [4.69, 9.17) is 19.5 Å². The number of nitrogens with one attached hydrogen (secondary N) is 1. The van der Waals surface area contributed by atoms with Gasteiger partial charge in [-0.25, -0.2) is 9.36 Å². The van der Waals surface area contributed by atoms with Crippen molar-refractivity contribution >= 4 is 13.5 Å². The average molecular weight is 417 g/mol. The van der Waals surface area contributed by atoms with E-state index >= 15 is 0 Å². The van der Waals surface area contributed by atoms with Crippen LogP contribution in [0.1, 0.15) is 12.6 Å². The van der Waals surface area contributed by atoms with Gasteiger partial charge in [-0.1, -0.05) is 0 Å². The average Bonchev–Trinajstić information content (AvgIpc) is 2.99. The minimum Gasteiger partial charge on any atom is -0.404 e.